The molecule has 2 aromatic rings. The normalized spacial score (nSPS) is 10.7. The van der Waals surface area contributed by atoms with Crippen molar-refractivity contribution < 1.29 is 9.47 Å². The molecule has 0 heterocycles. The average Bonchev–Trinajstić information content (AvgIpc) is 2.48. The van der Waals surface area contributed by atoms with Crippen LogP contribution in [0.15, 0.2) is 42.5 Å². The first-order valence-electron chi connectivity index (χ1n) is 7.01. The summed E-state index contributed by atoms with van der Waals surface area (Å²) < 4.78 is 10.5. The number of rotatable bonds is 7. The molecule has 0 bridgehead atoms. The Morgan fingerprint density at radius 1 is 0.857 bits per heavy atom. The van der Waals surface area contributed by atoms with Crippen molar-refractivity contribution in [3.63, 3.8) is 0 Å². The van der Waals surface area contributed by atoms with Crippen molar-refractivity contribution in [2.75, 3.05) is 38.4 Å². The number of nitrogen functional groups attached to an aromatic ring is 2. The molecule has 0 aliphatic rings. The summed E-state index contributed by atoms with van der Waals surface area (Å²) in [5.41, 5.74) is 16.6. The minimum absolute atomic E-state index is 0.607. The van der Waals surface area contributed by atoms with Gasteiger partial charge in [0.2, 0.25) is 0 Å². The molecule has 0 aliphatic carbocycles. The summed E-state index contributed by atoms with van der Waals surface area (Å²) in [4.78, 5) is 0. The van der Waals surface area contributed by atoms with Crippen molar-refractivity contribution in [3.8, 4) is 11.1 Å². The van der Waals surface area contributed by atoms with Crippen LogP contribution < -0.4 is 11.5 Å². The van der Waals surface area contributed by atoms with Gasteiger partial charge in [0.1, 0.15) is 0 Å². The number of hydrogen-bond acceptors (Lipinski definition) is 4. The van der Waals surface area contributed by atoms with E-state index >= 15 is 0 Å². The minimum atomic E-state index is 0.607. The lowest BCUT2D eigenvalue weighted by Crippen LogP contribution is -2.06. The van der Waals surface area contributed by atoms with Gasteiger partial charge in [-0.25, -0.2) is 0 Å². The summed E-state index contributed by atoms with van der Waals surface area (Å²) in [5.74, 6) is 0. The van der Waals surface area contributed by atoms with Crippen molar-refractivity contribution in [2.45, 2.75) is 6.42 Å². The summed E-state index contributed by atoms with van der Waals surface area (Å²) >= 11 is 0. The first-order chi connectivity index (χ1) is 10.2. The van der Waals surface area contributed by atoms with Crippen LogP contribution in [0.25, 0.3) is 11.1 Å². The highest BCUT2D eigenvalue weighted by molar-refractivity contribution is 5.71. The molecule has 0 fully saturated rings. The molecular weight excluding hydrogens is 264 g/mol. The van der Waals surface area contributed by atoms with Gasteiger partial charge in [-0.1, -0.05) is 18.2 Å². The van der Waals surface area contributed by atoms with Gasteiger partial charge in [0.15, 0.2) is 0 Å². The predicted octanol–water partition coefficient (Wildman–Crippen LogP) is 2.72. The highest BCUT2D eigenvalue weighted by Crippen LogP contribution is 2.27. The third-order valence-electron chi connectivity index (χ3n) is 3.30. The van der Waals surface area contributed by atoms with Gasteiger partial charge >= 0.3 is 0 Å². The maximum Gasteiger partial charge on any atom is 0.0700 e. The second-order valence-corrected chi connectivity index (χ2v) is 4.89. The van der Waals surface area contributed by atoms with Gasteiger partial charge in [0, 0.05) is 18.5 Å². The van der Waals surface area contributed by atoms with Crippen LogP contribution in [-0.2, 0) is 15.9 Å². The summed E-state index contributed by atoms with van der Waals surface area (Å²) in [5, 5.41) is 0. The SMILES string of the molecule is COCCOCCc1cc(N)ccc1-c1ccc(N)cc1. The van der Waals surface area contributed by atoms with Crippen LogP contribution in [0.1, 0.15) is 5.56 Å². The van der Waals surface area contributed by atoms with Crippen LogP contribution in [0.4, 0.5) is 11.4 Å². The van der Waals surface area contributed by atoms with Crippen molar-refractivity contribution >= 4 is 11.4 Å². The Balaban J connectivity index is 2.12. The summed E-state index contributed by atoms with van der Waals surface area (Å²) in [6.45, 7) is 1.87. The monoisotopic (exact) mass is 286 g/mol. The quantitative estimate of drug-likeness (QED) is 0.606. The van der Waals surface area contributed by atoms with E-state index in [-0.39, 0.29) is 0 Å². The maximum atomic E-state index is 5.90. The molecule has 21 heavy (non-hydrogen) atoms. The Labute approximate surface area is 125 Å². The number of ether oxygens (including phenoxy) is 2. The molecule has 0 aliphatic heterocycles. The van der Waals surface area contributed by atoms with E-state index in [2.05, 4.69) is 0 Å². The molecule has 112 valence electrons. The molecule has 4 nitrogen and oxygen atoms in total. The molecule has 4 heteroatoms. The van der Waals surface area contributed by atoms with Gasteiger partial charge in [-0.05, 0) is 47.4 Å². The molecule has 2 rings (SSSR count). The second-order valence-electron chi connectivity index (χ2n) is 4.89. The van der Waals surface area contributed by atoms with Gasteiger partial charge in [0.05, 0.1) is 19.8 Å². The zero-order chi connectivity index (χ0) is 15.1. The summed E-state index contributed by atoms with van der Waals surface area (Å²) in [6.07, 6.45) is 0.814. The molecule has 0 spiro atoms. The molecule has 0 amide bonds. The zero-order valence-corrected chi connectivity index (χ0v) is 12.3. The van der Waals surface area contributed by atoms with E-state index in [0.717, 1.165) is 23.4 Å². The highest BCUT2D eigenvalue weighted by Gasteiger charge is 2.06. The second kappa shape index (κ2) is 7.67. The first kappa shape index (κ1) is 15.4. The fourth-order valence-corrected chi connectivity index (χ4v) is 2.19. The van der Waals surface area contributed by atoms with E-state index in [9.17, 15) is 0 Å². The number of anilines is 2. The molecule has 0 saturated heterocycles. The third kappa shape index (κ3) is 4.48. The van der Waals surface area contributed by atoms with Crippen molar-refractivity contribution in [3.05, 3.63) is 48.0 Å². The van der Waals surface area contributed by atoms with Crippen LogP contribution in [0.3, 0.4) is 0 Å². The van der Waals surface area contributed by atoms with Gasteiger partial charge in [0.25, 0.3) is 0 Å². The van der Waals surface area contributed by atoms with Crippen LogP contribution in [0, 0.1) is 0 Å². The fraction of sp³-hybridized carbons (Fsp3) is 0.294. The van der Waals surface area contributed by atoms with Crippen molar-refractivity contribution in [1.82, 2.24) is 0 Å². The number of methoxy groups -OCH3 is 1. The standard InChI is InChI=1S/C17H22N2O2/c1-20-10-11-21-9-8-14-12-16(19)6-7-17(14)13-2-4-15(18)5-3-13/h2-7,12H,8-11,18-19H2,1H3. The molecule has 4 N–H and O–H groups in total. The van der Waals surface area contributed by atoms with E-state index < -0.39 is 0 Å². The Kier molecular flexibility index (Phi) is 5.60. The van der Waals surface area contributed by atoms with Crippen molar-refractivity contribution in [2.24, 2.45) is 0 Å². The van der Waals surface area contributed by atoms with Gasteiger partial charge < -0.3 is 20.9 Å². The minimum Gasteiger partial charge on any atom is -0.399 e. The lowest BCUT2D eigenvalue weighted by Gasteiger charge is -2.12. The van der Waals surface area contributed by atoms with Crippen LogP contribution in [0.2, 0.25) is 0 Å². The van der Waals surface area contributed by atoms with E-state index in [1.807, 2.05) is 42.5 Å². The lowest BCUT2D eigenvalue weighted by molar-refractivity contribution is 0.0723. The molecular formula is C17H22N2O2. The zero-order valence-electron chi connectivity index (χ0n) is 12.3. The van der Waals surface area contributed by atoms with E-state index in [1.54, 1.807) is 7.11 Å². The lowest BCUT2D eigenvalue weighted by atomic mass is 9.97. The molecule has 0 atom stereocenters. The Hall–Kier alpha value is -2.04. The highest BCUT2D eigenvalue weighted by atomic mass is 16.5. The predicted molar refractivity (Wildman–Crippen MR) is 87.1 cm³/mol. The van der Waals surface area contributed by atoms with Crippen LogP contribution in [-0.4, -0.2) is 26.9 Å². The average molecular weight is 286 g/mol. The van der Waals surface area contributed by atoms with E-state index in [1.165, 1.54) is 11.1 Å². The molecule has 0 unspecified atom stereocenters. The number of nitrogens with two attached hydrogens (primary N) is 2. The fourth-order valence-electron chi connectivity index (χ4n) is 2.19. The van der Waals surface area contributed by atoms with Gasteiger partial charge in [-0.3, -0.25) is 0 Å². The van der Waals surface area contributed by atoms with Crippen molar-refractivity contribution in [1.29, 1.82) is 0 Å². The van der Waals surface area contributed by atoms with Gasteiger partial charge in [-0.2, -0.15) is 0 Å². The maximum absolute atomic E-state index is 5.90. The topological polar surface area (TPSA) is 70.5 Å². The summed E-state index contributed by atoms with van der Waals surface area (Å²) in [7, 11) is 1.67. The third-order valence-corrected chi connectivity index (χ3v) is 3.30. The van der Waals surface area contributed by atoms with E-state index in [0.29, 0.717) is 19.8 Å². The largest absolute Gasteiger partial charge is 0.399 e. The molecule has 2 aromatic carbocycles. The number of benzene rings is 2. The molecule has 0 aromatic heterocycles. The number of hydrogen-bond donors (Lipinski definition) is 2. The Bertz CT molecular complexity index is 568. The molecule has 0 saturated carbocycles. The van der Waals surface area contributed by atoms with Crippen LogP contribution >= 0.6 is 0 Å². The smallest absolute Gasteiger partial charge is 0.0700 e. The Morgan fingerprint density at radius 3 is 2.29 bits per heavy atom. The van der Waals surface area contributed by atoms with E-state index in [4.69, 9.17) is 20.9 Å². The Morgan fingerprint density at radius 2 is 1.57 bits per heavy atom. The first-order valence-corrected chi connectivity index (χ1v) is 7.01. The van der Waals surface area contributed by atoms with Crippen LogP contribution in [0.5, 0.6) is 0 Å². The van der Waals surface area contributed by atoms with Gasteiger partial charge in [-0.15, -0.1) is 0 Å². The summed E-state index contributed by atoms with van der Waals surface area (Å²) in [6, 6.07) is 13.8. The molecule has 0 radical (unpaired) electrons.